The largest absolute Gasteiger partial charge is 0.497 e. The Bertz CT molecular complexity index is 1980. The van der Waals surface area contributed by atoms with E-state index in [2.05, 4.69) is 22.9 Å². The Morgan fingerprint density at radius 1 is 1.05 bits per heavy atom. The first kappa shape index (κ1) is 39.3. The lowest BCUT2D eigenvalue weighted by molar-refractivity contribution is -0.145. The summed E-state index contributed by atoms with van der Waals surface area (Å²) in [6.45, 7) is 6.21. The molecule has 2 aromatic heterocycles. The standard InChI is InChI=1S/C41H52N6O8S/c1-23(2)42-39-44-33(22-56-39)32-19-35(29-15-14-27(53-4)17-31(29)43-32)54-28-18-34-36(48)46-41(38(50)51)20-25(41)10-6-5-9-24(3)13-16-30(37(49)47(34)21-28)45-40(52)55-26-11-7-8-12-26/h6,10,14-15,17,19,22-26,28,30,34H,5,7-9,11-13,16,18,20-21H2,1-4H3,(H,42,44)(H,45,52)(H,46,48)(H,50,51)/b10-6-/t24?,25-,28+,30-,34-,41+/m0/s1. The Labute approximate surface area is 330 Å². The van der Waals surface area contributed by atoms with Crippen LogP contribution < -0.4 is 25.4 Å². The van der Waals surface area contributed by atoms with E-state index in [4.69, 9.17) is 24.2 Å². The molecule has 3 aromatic rings. The third-order valence-corrected chi connectivity index (χ3v) is 12.1. The van der Waals surface area contributed by atoms with Gasteiger partial charge in [0.1, 0.15) is 47.0 Å². The Balaban J connectivity index is 1.21. The van der Waals surface area contributed by atoms with Gasteiger partial charge in [0, 0.05) is 41.3 Å². The van der Waals surface area contributed by atoms with Crippen molar-refractivity contribution in [2.75, 3.05) is 19.0 Å². The number of allylic oxidation sites excluding steroid dienone is 1. The first-order chi connectivity index (χ1) is 26.9. The van der Waals surface area contributed by atoms with Gasteiger partial charge >= 0.3 is 12.1 Å². The van der Waals surface area contributed by atoms with Gasteiger partial charge in [0.25, 0.3) is 0 Å². The Morgan fingerprint density at radius 2 is 1.86 bits per heavy atom. The van der Waals surface area contributed by atoms with E-state index in [0.29, 0.717) is 46.6 Å². The molecule has 3 fully saturated rings. The van der Waals surface area contributed by atoms with Crippen LogP contribution in [0.3, 0.4) is 0 Å². The lowest BCUT2D eigenvalue weighted by Gasteiger charge is -2.30. The first-order valence-electron chi connectivity index (χ1n) is 19.8. The predicted molar refractivity (Wildman–Crippen MR) is 212 cm³/mol. The number of thiazole rings is 1. The lowest BCUT2D eigenvalue weighted by Crippen LogP contribution is -2.56. The number of hydrogen-bond acceptors (Lipinski definition) is 11. The zero-order valence-corrected chi connectivity index (χ0v) is 33.2. The highest BCUT2D eigenvalue weighted by Crippen LogP contribution is 2.46. The highest BCUT2D eigenvalue weighted by Gasteiger charge is 2.61. The number of methoxy groups -OCH3 is 1. The molecule has 1 aromatic carbocycles. The maximum Gasteiger partial charge on any atom is 0.408 e. The number of aliphatic carboxylic acids is 1. The number of alkyl carbamates (subject to hydrolysis) is 1. The third kappa shape index (κ3) is 8.72. The number of ether oxygens (including phenoxy) is 3. The summed E-state index contributed by atoms with van der Waals surface area (Å²) in [5.41, 5.74) is 0.383. The first-order valence-corrected chi connectivity index (χ1v) is 20.7. The van der Waals surface area contributed by atoms with E-state index in [1.807, 2.05) is 55.6 Å². The number of aromatic nitrogens is 2. The van der Waals surface area contributed by atoms with E-state index >= 15 is 0 Å². The van der Waals surface area contributed by atoms with E-state index in [1.54, 1.807) is 7.11 Å². The van der Waals surface area contributed by atoms with Crippen LogP contribution in [0.1, 0.15) is 85.0 Å². The van der Waals surface area contributed by atoms with Gasteiger partial charge in [0.05, 0.1) is 24.9 Å². The van der Waals surface area contributed by atoms with Crippen molar-refractivity contribution in [2.45, 2.75) is 121 Å². The Kier molecular flexibility index (Phi) is 11.7. The number of amides is 3. The minimum atomic E-state index is -1.46. The van der Waals surface area contributed by atoms with Crippen LogP contribution in [0, 0.1) is 11.8 Å². The summed E-state index contributed by atoms with van der Waals surface area (Å²) in [4.78, 5) is 65.8. The number of benzene rings is 1. The minimum absolute atomic E-state index is 0.0280. The maximum absolute atomic E-state index is 14.6. The fraction of sp³-hybridized carbons (Fsp3) is 0.561. The van der Waals surface area contributed by atoms with Gasteiger partial charge in [-0.05, 0) is 89.7 Å². The van der Waals surface area contributed by atoms with Gasteiger partial charge in [0.2, 0.25) is 11.8 Å². The number of carboxylic acids is 1. The van der Waals surface area contributed by atoms with Crippen molar-refractivity contribution in [1.29, 1.82) is 0 Å². The molecule has 3 amide bonds. The van der Waals surface area contributed by atoms with Gasteiger partial charge in [-0.1, -0.05) is 19.1 Å². The van der Waals surface area contributed by atoms with Gasteiger partial charge in [-0.3, -0.25) is 9.59 Å². The Hall–Kier alpha value is -4.92. The summed E-state index contributed by atoms with van der Waals surface area (Å²) in [6, 6.07) is 5.48. The zero-order valence-electron chi connectivity index (χ0n) is 32.4. The number of carboxylic acid groups (broad SMARTS) is 1. The average molecular weight is 789 g/mol. The summed E-state index contributed by atoms with van der Waals surface area (Å²) in [5.74, 6) is -1.16. The van der Waals surface area contributed by atoms with Crippen LogP contribution in [-0.4, -0.2) is 93.4 Å². The van der Waals surface area contributed by atoms with Crippen molar-refractivity contribution in [1.82, 2.24) is 25.5 Å². The highest BCUT2D eigenvalue weighted by atomic mass is 32.1. The maximum atomic E-state index is 14.6. The van der Waals surface area contributed by atoms with Gasteiger partial charge < -0.3 is 40.2 Å². The number of carbonyl (C=O) groups is 4. The molecule has 14 nitrogen and oxygen atoms in total. The quantitative estimate of drug-likeness (QED) is 0.179. The second kappa shape index (κ2) is 16.7. The molecule has 300 valence electrons. The molecule has 0 bridgehead atoms. The SMILES string of the molecule is COc1ccc2c(O[C@@H]3C[C@H]4C(=O)N[C@]5(C(=O)O)C[C@@H]5/C=C\CCC(C)CC[C@H](NC(=O)OC5CCCC5)C(=O)N4C3)cc(-c3csc(NC(C)C)n3)nc2c1. The number of carbonyl (C=O) groups excluding carboxylic acids is 3. The van der Waals surface area contributed by atoms with E-state index in [1.165, 1.54) is 16.2 Å². The van der Waals surface area contributed by atoms with Crippen LogP contribution in [0.2, 0.25) is 0 Å². The van der Waals surface area contributed by atoms with Crippen LogP contribution in [0.4, 0.5) is 9.93 Å². The molecule has 1 unspecified atom stereocenters. The average Bonchev–Trinajstić information content (AvgIpc) is 3.59. The van der Waals surface area contributed by atoms with E-state index in [9.17, 15) is 24.3 Å². The number of anilines is 1. The van der Waals surface area contributed by atoms with Crippen molar-refractivity contribution in [3.8, 4) is 22.9 Å². The van der Waals surface area contributed by atoms with E-state index in [-0.39, 0.29) is 43.4 Å². The molecule has 1 saturated heterocycles. The van der Waals surface area contributed by atoms with E-state index in [0.717, 1.165) is 43.7 Å². The molecule has 2 aliphatic heterocycles. The molecule has 56 heavy (non-hydrogen) atoms. The van der Waals surface area contributed by atoms with Crippen LogP contribution >= 0.6 is 11.3 Å². The van der Waals surface area contributed by atoms with Crippen molar-refractivity contribution in [3.63, 3.8) is 0 Å². The molecular weight excluding hydrogens is 737 g/mol. The number of rotatable bonds is 9. The van der Waals surface area contributed by atoms with Crippen LogP contribution in [0.25, 0.3) is 22.3 Å². The van der Waals surface area contributed by atoms with Gasteiger partial charge in [-0.2, -0.15) is 0 Å². The highest BCUT2D eigenvalue weighted by molar-refractivity contribution is 7.14. The summed E-state index contributed by atoms with van der Waals surface area (Å²) in [7, 11) is 1.58. The van der Waals surface area contributed by atoms with Gasteiger partial charge in [-0.15, -0.1) is 11.3 Å². The third-order valence-electron chi connectivity index (χ3n) is 11.4. The minimum Gasteiger partial charge on any atom is -0.497 e. The molecule has 6 atom stereocenters. The van der Waals surface area contributed by atoms with Gasteiger partial charge in [0.15, 0.2) is 5.13 Å². The number of hydrogen-bond donors (Lipinski definition) is 4. The molecule has 4 aliphatic rings. The van der Waals surface area contributed by atoms with Crippen molar-refractivity contribution in [2.24, 2.45) is 11.8 Å². The molecule has 0 spiro atoms. The summed E-state index contributed by atoms with van der Waals surface area (Å²) >= 11 is 1.47. The number of nitrogens with zero attached hydrogens (tertiary/aromatic N) is 3. The molecular formula is C41H52N6O8S. The number of nitrogens with one attached hydrogen (secondary N) is 3. The van der Waals surface area contributed by atoms with E-state index < -0.39 is 47.6 Å². The van der Waals surface area contributed by atoms with Crippen LogP contribution in [0.15, 0.2) is 41.8 Å². The second-order valence-corrected chi connectivity index (χ2v) is 16.8. The normalized spacial score (nSPS) is 27.7. The van der Waals surface area contributed by atoms with Crippen LogP contribution in [-0.2, 0) is 19.1 Å². The molecule has 2 saturated carbocycles. The molecule has 4 N–H and O–H groups in total. The molecule has 2 aliphatic carbocycles. The molecule has 4 heterocycles. The van der Waals surface area contributed by atoms with Gasteiger partial charge in [-0.25, -0.2) is 19.6 Å². The van der Waals surface area contributed by atoms with Crippen LogP contribution in [0.5, 0.6) is 11.5 Å². The second-order valence-electron chi connectivity index (χ2n) is 16.0. The molecule has 7 rings (SSSR count). The van der Waals surface area contributed by atoms with Crippen molar-refractivity contribution in [3.05, 3.63) is 41.8 Å². The zero-order chi connectivity index (χ0) is 39.6. The number of fused-ring (bicyclic) bond motifs is 3. The van der Waals surface area contributed by atoms with Crippen molar-refractivity contribution < 1.29 is 38.5 Å². The summed E-state index contributed by atoms with van der Waals surface area (Å²) in [6.07, 6.45) is 8.83. The predicted octanol–water partition coefficient (Wildman–Crippen LogP) is 6.30. The number of pyridine rings is 1. The lowest BCUT2D eigenvalue weighted by atomic mass is 9.96. The fourth-order valence-corrected chi connectivity index (χ4v) is 8.94. The molecule has 15 heteroatoms. The monoisotopic (exact) mass is 788 g/mol. The molecule has 0 radical (unpaired) electrons. The topological polar surface area (TPSA) is 181 Å². The fourth-order valence-electron chi connectivity index (χ4n) is 8.09. The summed E-state index contributed by atoms with van der Waals surface area (Å²) in [5, 5.41) is 22.7. The Morgan fingerprint density at radius 3 is 2.61 bits per heavy atom. The summed E-state index contributed by atoms with van der Waals surface area (Å²) < 4.78 is 17.9. The van der Waals surface area contributed by atoms with Crippen molar-refractivity contribution >= 4 is 51.2 Å². The smallest absolute Gasteiger partial charge is 0.408 e.